The zero-order valence-corrected chi connectivity index (χ0v) is 16.5. The van der Waals surface area contributed by atoms with E-state index in [4.69, 9.17) is 4.74 Å². The molecule has 0 bridgehead atoms. The number of hydrogen-bond donors (Lipinski definition) is 1. The lowest BCUT2D eigenvalue weighted by Gasteiger charge is -2.40. The number of piperidine rings is 1. The lowest BCUT2D eigenvalue weighted by atomic mass is 9.97. The van der Waals surface area contributed by atoms with Crippen LogP contribution in [0.15, 0.2) is 24.3 Å². The van der Waals surface area contributed by atoms with Crippen LogP contribution in [0.4, 0.5) is 5.69 Å². The predicted molar refractivity (Wildman–Crippen MR) is 105 cm³/mol. The average molecular weight is 361 g/mol. The Morgan fingerprint density at radius 3 is 2.46 bits per heavy atom. The summed E-state index contributed by atoms with van der Waals surface area (Å²) in [6, 6.07) is 9.06. The molecule has 1 aromatic carbocycles. The highest BCUT2D eigenvalue weighted by Gasteiger charge is 2.32. The maximum absolute atomic E-state index is 12.8. The van der Waals surface area contributed by atoms with Crippen LogP contribution in [-0.4, -0.2) is 62.2 Å². The van der Waals surface area contributed by atoms with Gasteiger partial charge >= 0.3 is 0 Å². The molecule has 1 aromatic rings. The van der Waals surface area contributed by atoms with E-state index in [0.717, 1.165) is 44.8 Å². The number of ether oxygens (including phenoxy) is 1. The Bertz CT molecular complexity index is 589. The van der Waals surface area contributed by atoms with Gasteiger partial charge in [-0.2, -0.15) is 0 Å². The lowest BCUT2D eigenvalue weighted by Crippen LogP contribution is -3.16. The molecule has 2 fully saturated rings. The van der Waals surface area contributed by atoms with E-state index in [1.54, 1.807) is 0 Å². The van der Waals surface area contributed by atoms with Crippen LogP contribution in [0.1, 0.15) is 40.0 Å². The summed E-state index contributed by atoms with van der Waals surface area (Å²) in [5.41, 5.74) is 1.18. The van der Waals surface area contributed by atoms with E-state index < -0.39 is 0 Å². The van der Waals surface area contributed by atoms with Gasteiger partial charge in [-0.05, 0) is 52.2 Å². The number of piperazine rings is 1. The molecule has 3 rings (SSSR count). The van der Waals surface area contributed by atoms with Crippen molar-refractivity contribution in [2.24, 2.45) is 0 Å². The molecule has 144 valence electrons. The van der Waals surface area contributed by atoms with Gasteiger partial charge in [-0.15, -0.1) is 0 Å². The van der Waals surface area contributed by atoms with Gasteiger partial charge in [-0.25, -0.2) is 0 Å². The summed E-state index contributed by atoms with van der Waals surface area (Å²) in [5.74, 6) is 1.30. The Kier molecular flexibility index (Phi) is 6.41. The number of nitrogens with one attached hydrogen (secondary N) is 1. The van der Waals surface area contributed by atoms with Gasteiger partial charge in [0.25, 0.3) is 5.91 Å². The maximum Gasteiger partial charge on any atom is 0.278 e. The smallest absolute Gasteiger partial charge is 0.278 e. The molecule has 2 atom stereocenters. The number of carbonyl (C=O) groups excluding carboxylic acids is 1. The number of benzene rings is 1. The second kappa shape index (κ2) is 8.76. The minimum absolute atomic E-state index is 0.336. The number of likely N-dealkylation sites (tertiary alicyclic amines) is 1. The molecule has 0 aromatic heterocycles. The fourth-order valence-electron chi connectivity index (χ4n) is 4.45. The Hall–Kier alpha value is -1.75. The van der Waals surface area contributed by atoms with E-state index in [1.807, 2.05) is 19.1 Å². The highest BCUT2D eigenvalue weighted by Crippen LogP contribution is 2.28. The molecular formula is C21H34N3O2+. The van der Waals surface area contributed by atoms with E-state index in [2.05, 4.69) is 35.8 Å². The van der Waals surface area contributed by atoms with Crippen LogP contribution in [0.3, 0.4) is 0 Å². The second-order valence-corrected chi connectivity index (χ2v) is 7.74. The normalized spacial score (nSPS) is 24.6. The summed E-state index contributed by atoms with van der Waals surface area (Å²) < 4.78 is 5.78. The largest absolute Gasteiger partial charge is 0.492 e. The number of amides is 1. The monoisotopic (exact) mass is 360 g/mol. The predicted octanol–water partition coefficient (Wildman–Crippen LogP) is 1.58. The summed E-state index contributed by atoms with van der Waals surface area (Å²) in [6.45, 7) is 11.7. The van der Waals surface area contributed by atoms with Gasteiger partial charge in [-0.1, -0.05) is 12.1 Å². The van der Waals surface area contributed by atoms with Crippen LogP contribution < -0.4 is 14.5 Å². The van der Waals surface area contributed by atoms with Crippen LogP contribution in [0.5, 0.6) is 5.75 Å². The topological polar surface area (TPSA) is 37.2 Å². The fraction of sp³-hybridized carbons (Fsp3) is 0.667. The van der Waals surface area contributed by atoms with E-state index in [9.17, 15) is 4.79 Å². The Balaban J connectivity index is 1.55. The first kappa shape index (κ1) is 19.0. The Morgan fingerprint density at radius 2 is 1.81 bits per heavy atom. The average Bonchev–Trinajstić information content (AvgIpc) is 2.63. The van der Waals surface area contributed by atoms with Crippen LogP contribution in [0, 0.1) is 0 Å². The summed E-state index contributed by atoms with van der Waals surface area (Å²) in [5, 5.41) is 0. The molecule has 1 amide bonds. The van der Waals surface area contributed by atoms with Crippen molar-refractivity contribution in [1.82, 2.24) is 4.90 Å². The number of nitrogens with zero attached hydrogens (tertiary/aromatic N) is 2. The van der Waals surface area contributed by atoms with Crippen molar-refractivity contribution in [2.75, 3.05) is 44.2 Å². The molecular weight excluding hydrogens is 326 g/mol. The molecule has 0 radical (unpaired) electrons. The number of carbonyl (C=O) groups is 1. The van der Waals surface area contributed by atoms with Gasteiger partial charge in [0.05, 0.1) is 38.5 Å². The summed E-state index contributed by atoms with van der Waals surface area (Å²) in [6.07, 6.45) is 3.54. The van der Waals surface area contributed by atoms with Crippen LogP contribution in [0.2, 0.25) is 0 Å². The first-order chi connectivity index (χ1) is 12.6. The van der Waals surface area contributed by atoms with E-state index in [1.165, 1.54) is 17.0 Å². The molecule has 2 aliphatic heterocycles. The van der Waals surface area contributed by atoms with Crippen molar-refractivity contribution in [3.05, 3.63) is 24.3 Å². The zero-order valence-electron chi connectivity index (χ0n) is 16.5. The first-order valence-corrected chi connectivity index (χ1v) is 10.2. The van der Waals surface area contributed by atoms with Crippen molar-refractivity contribution in [1.29, 1.82) is 0 Å². The molecule has 0 spiro atoms. The van der Waals surface area contributed by atoms with Gasteiger partial charge in [0, 0.05) is 12.1 Å². The summed E-state index contributed by atoms with van der Waals surface area (Å²) in [7, 11) is 0. The Morgan fingerprint density at radius 1 is 1.15 bits per heavy atom. The maximum atomic E-state index is 12.8. The third-order valence-electron chi connectivity index (χ3n) is 5.86. The Labute approximate surface area is 157 Å². The van der Waals surface area contributed by atoms with Crippen LogP contribution in [-0.2, 0) is 4.79 Å². The highest BCUT2D eigenvalue weighted by molar-refractivity contribution is 5.78. The molecule has 5 heteroatoms. The van der Waals surface area contributed by atoms with Crippen molar-refractivity contribution < 1.29 is 14.4 Å². The SMILES string of the molecule is CCOc1ccccc1N1CC[NH+](CC(=O)N2[C@@H](C)CCC[C@@H]2C)CC1. The summed E-state index contributed by atoms with van der Waals surface area (Å²) in [4.78, 5) is 18.8. The molecule has 2 saturated heterocycles. The number of para-hydroxylation sites is 2. The minimum atomic E-state index is 0.336. The lowest BCUT2D eigenvalue weighted by molar-refractivity contribution is -0.892. The molecule has 2 aliphatic rings. The van der Waals surface area contributed by atoms with Gasteiger partial charge in [-0.3, -0.25) is 4.79 Å². The van der Waals surface area contributed by atoms with Crippen molar-refractivity contribution in [3.8, 4) is 5.75 Å². The van der Waals surface area contributed by atoms with Gasteiger partial charge in [0.15, 0.2) is 6.54 Å². The number of quaternary nitrogens is 1. The fourth-order valence-corrected chi connectivity index (χ4v) is 4.45. The van der Waals surface area contributed by atoms with Gasteiger partial charge in [0.1, 0.15) is 5.75 Å². The number of hydrogen-bond acceptors (Lipinski definition) is 3. The standard InChI is InChI=1S/C21H33N3O2/c1-4-26-20-11-6-5-10-19(20)23-14-12-22(13-15-23)16-21(25)24-17(2)8-7-9-18(24)3/h5-6,10-11,17-18H,4,7-9,12-16H2,1-3H3/p+1/t17-,18-/m0/s1. The van der Waals surface area contributed by atoms with E-state index in [-0.39, 0.29) is 0 Å². The molecule has 5 nitrogen and oxygen atoms in total. The molecule has 0 aliphatic carbocycles. The molecule has 0 saturated carbocycles. The minimum Gasteiger partial charge on any atom is -0.492 e. The molecule has 26 heavy (non-hydrogen) atoms. The van der Waals surface area contributed by atoms with E-state index in [0.29, 0.717) is 31.1 Å². The second-order valence-electron chi connectivity index (χ2n) is 7.74. The molecule has 2 heterocycles. The summed E-state index contributed by atoms with van der Waals surface area (Å²) >= 11 is 0. The molecule has 0 unspecified atom stereocenters. The zero-order chi connectivity index (χ0) is 18.5. The third kappa shape index (κ3) is 4.32. The van der Waals surface area contributed by atoms with Crippen LogP contribution in [0.25, 0.3) is 0 Å². The van der Waals surface area contributed by atoms with Crippen molar-refractivity contribution in [2.45, 2.75) is 52.1 Å². The number of rotatable bonds is 5. The highest BCUT2D eigenvalue weighted by atomic mass is 16.5. The van der Waals surface area contributed by atoms with Gasteiger partial charge in [0.2, 0.25) is 0 Å². The van der Waals surface area contributed by atoms with Crippen LogP contribution >= 0.6 is 0 Å². The van der Waals surface area contributed by atoms with Gasteiger partial charge < -0.3 is 19.4 Å². The number of anilines is 1. The molecule has 1 N–H and O–H groups in total. The van der Waals surface area contributed by atoms with Crippen molar-refractivity contribution in [3.63, 3.8) is 0 Å². The van der Waals surface area contributed by atoms with Crippen molar-refractivity contribution >= 4 is 11.6 Å². The first-order valence-electron chi connectivity index (χ1n) is 10.2. The third-order valence-corrected chi connectivity index (χ3v) is 5.86. The van der Waals surface area contributed by atoms with E-state index >= 15 is 0 Å². The quantitative estimate of drug-likeness (QED) is 0.866.